The van der Waals surface area contributed by atoms with Crippen molar-refractivity contribution in [2.75, 3.05) is 5.32 Å². The van der Waals surface area contributed by atoms with E-state index in [2.05, 4.69) is 45.3 Å². The number of anilines is 1. The van der Waals surface area contributed by atoms with Crippen molar-refractivity contribution in [3.63, 3.8) is 0 Å². The van der Waals surface area contributed by atoms with Gasteiger partial charge in [0.1, 0.15) is 10.4 Å². The lowest BCUT2D eigenvalue weighted by molar-refractivity contribution is 0.870. The van der Waals surface area contributed by atoms with Gasteiger partial charge in [-0.1, -0.05) is 0 Å². The highest BCUT2D eigenvalue weighted by atomic mass is 79.9. The molecule has 60 valence electrons. The highest BCUT2D eigenvalue weighted by Crippen LogP contribution is 2.07. The summed E-state index contributed by atoms with van der Waals surface area (Å²) in [5.41, 5.74) is 0. The Morgan fingerprint density at radius 1 is 1.36 bits per heavy atom. The van der Waals surface area contributed by atoms with Gasteiger partial charge in [-0.15, -0.1) is 10.2 Å². The number of hydrogen-bond acceptors (Lipinski definition) is 3. The maximum atomic E-state index is 3.91. The maximum absolute atomic E-state index is 3.91. The molecule has 0 aromatic carbocycles. The van der Waals surface area contributed by atoms with Gasteiger partial charge in [0.25, 0.3) is 0 Å². The van der Waals surface area contributed by atoms with Crippen molar-refractivity contribution in [2.45, 2.75) is 19.9 Å². The summed E-state index contributed by atoms with van der Waals surface area (Å²) in [6, 6.07) is 4.14. The van der Waals surface area contributed by atoms with Gasteiger partial charge >= 0.3 is 0 Å². The zero-order valence-electron chi connectivity index (χ0n) is 6.50. The fraction of sp³-hybridized carbons (Fsp3) is 0.429. The first-order valence-corrected chi connectivity index (χ1v) is 4.23. The number of nitrogens with one attached hydrogen (secondary N) is 1. The largest absolute Gasteiger partial charge is 0.366 e. The second kappa shape index (κ2) is 3.67. The van der Waals surface area contributed by atoms with Crippen LogP contribution in [0.1, 0.15) is 13.8 Å². The summed E-state index contributed by atoms with van der Waals surface area (Å²) in [5, 5.41) is 10.9. The summed E-state index contributed by atoms with van der Waals surface area (Å²) in [6.45, 7) is 4.12. The Bertz CT molecular complexity index is 220. The molecule has 0 aliphatic heterocycles. The van der Waals surface area contributed by atoms with Gasteiger partial charge in [-0.2, -0.15) is 0 Å². The summed E-state index contributed by atoms with van der Waals surface area (Å²) in [5.74, 6) is 0.809. The van der Waals surface area contributed by atoms with Gasteiger partial charge in [-0.05, 0) is 41.9 Å². The van der Waals surface area contributed by atoms with Crippen molar-refractivity contribution in [2.24, 2.45) is 0 Å². The molecule has 0 fully saturated rings. The molecular weight excluding hydrogens is 206 g/mol. The van der Waals surface area contributed by atoms with Gasteiger partial charge in [-0.25, -0.2) is 0 Å². The van der Waals surface area contributed by atoms with Gasteiger partial charge < -0.3 is 5.32 Å². The Balaban J connectivity index is 2.66. The Kier molecular flexibility index (Phi) is 2.82. The van der Waals surface area contributed by atoms with Crippen molar-refractivity contribution in [1.82, 2.24) is 10.2 Å². The first kappa shape index (κ1) is 8.46. The van der Waals surface area contributed by atoms with Crippen molar-refractivity contribution in [3.8, 4) is 0 Å². The third-order valence-corrected chi connectivity index (χ3v) is 1.49. The number of halogens is 1. The quantitative estimate of drug-likeness (QED) is 0.822. The topological polar surface area (TPSA) is 37.8 Å². The summed E-state index contributed by atoms with van der Waals surface area (Å²) in [7, 11) is 0. The number of rotatable bonds is 2. The minimum absolute atomic E-state index is 0.394. The van der Waals surface area contributed by atoms with E-state index in [-0.39, 0.29) is 0 Å². The molecule has 0 saturated heterocycles. The molecule has 1 aromatic heterocycles. The van der Waals surface area contributed by atoms with Crippen molar-refractivity contribution in [1.29, 1.82) is 0 Å². The molecule has 1 heterocycles. The smallest absolute Gasteiger partial charge is 0.148 e. The van der Waals surface area contributed by atoms with Gasteiger partial charge in [-0.3, -0.25) is 0 Å². The lowest BCUT2D eigenvalue weighted by atomic mass is 10.4. The van der Waals surface area contributed by atoms with E-state index >= 15 is 0 Å². The molecule has 1 rings (SSSR count). The molecule has 0 radical (unpaired) electrons. The predicted molar refractivity (Wildman–Crippen MR) is 48.5 cm³/mol. The summed E-state index contributed by atoms with van der Waals surface area (Å²) < 4.78 is 0.756. The minimum atomic E-state index is 0.394. The summed E-state index contributed by atoms with van der Waals surface area (Å²) >= 11 is 3.21. The molecule has 1 aromatic rings. The van der Waals surface area contributed by atoms with E-state index < -0.39 is 0 Å². The second-order valence-electron chi connectivity index (χ2n) is 2.54. The van der Waals surface area contributed by atoms with Gasteiger partial charge in [0.15, 0.2) is 0 Å². The van der Waals surface area contributed by atoms with Crippen LogP contribution >= 0.6 is 15.9 Å². The van der Waals surface area contributed by atoms with Crippen molar-refractivity contribution >= 4 is 21.7 Å². The standard InChI is InChI=1S/C7H10BrN3/c1-5(2)9-7-4-3-6(8)10-11-7/h3-5H,1-2H3,(H,9,11). The first-order chi connectivity index (χ1) is 5.18. The molecule has 1 N–H and O–H groups in total. The van der Waals surface area contributed by atoms with Crippen LogP contribution in [0.5, 0.6) is 0 Å². The van der Waals surface area contributed by atoms with E-state index in [1.54, 1.807) is 0 Å². The van der Waals surface area contributed by atoms with E-state index in [1.165, 1.54) is 0 Å². The lowest BCUT2D eigenvalue weighted by Crippen LogP contribution is -2.11. The number of hydrogen-bond donors (Lipinski definition) is 1. The number of aromatic nitrogens is 2. The molecule has 0 aliphatic rings. The average Bonchev–Trinajstić information content (AvgIpc) is 1.93. The third kappa shape index (κ3) is 2.84. The highest BCUT2D eigenvalue weighted by molar-refractivity contribution is 9.10. The maximum Gasteiger partial charge on any atom is 0.148 e. The van der Waals surface area contributed by atoms with Gasteiger partial charge in [0.05, 0.1) is 0 Å². The molecule has 3 nitrogen and oxygen atoms in total. The van der Waals surface area contributed by atoms with Crippen LogP contribution in [0.3, 0.4) is 0 Å². The zero-order valence-corrected chi connectivity index (χ0v) is 8.09. The highest BCUT2D eigenvalue weighted by Gasteiger charge is 1.95. The normalized spacial score (nSPS) is 10.2. The molecule has 0 atom stereocenters. The summed E-state index contributed by atoms with van der Waals surface area (Å²) in [6.07, 6.45) is 0. The molecule has 4 heteroatoms. The van der Waals surface area contributed by atoms with E-state index in [4.69, 9.17) is 0 Å². The van der Waals surface area contributed by atoms with E-state index in [1.807, 2.05) is 12.1 Å². The zero-order chi connectivity index (χ0) is 8.27. The minimum Gasteiger partial charge on any atom is -0.366 e. The second-order valence-corrected chi connectivity index (χ2v) is 3.35. The van der Waals surface area contributed by atoms with Crippen molar-refractivity contribution in [3.05, 3.63) is 16.7 Å². The SMILES string of the molecule is CC(C)Nc1ccc(Br)nn1. The summed E-state index contributed by atoms with van der Waals surface area (Å²) in [4.78, 5) is 0. The van der Waals surface area contributed by atoms with Crippen LogP contribution in [0.25, 0.3) is 0 Å². The van der Waals surface area contributed by atoms with Crippen LogP contribution in [-0.2, 0) is 0 Å². The monoisotopic (exact) mass is 215 g/mol. The molecule has 0 unspecified atom stereocenters. The van der Waals surface area contributed by atoms with Gasteiger partial charge in [0.2, 0.25) is 0 Å². The van der Waals surface area contributed by atoms with E-state index in [0.717, 1.165) is 10.4 Å². The van der Waals surface area contributed by atoms with Crippen LogP contribution in [0.15, 0.2) is 16.7 Å². The van der Waals surface area contributed by atoms with Crippen LogP contribution in [0.2, 0.25) is 0 Å². The average molecular weight is 216 g/mol. The van der Waals surface area contributed by atoms with Crippen LogP contribution in [0.4, 0.5) is 5.82 Å². The van der Waals surface area contributed by atoms with Crippen molar-refractivity contribution < 1.29 is 0 Å². The Morgan fingerprint density at radius 3 is 2.55 bits per heavy atom. The van der Waals surface area contributed by atoms with E-state index in [0.29, 0.717) is 6.04 Å². The van der Waals surface area contributed by atoms with Crippen LogP contribution in [-0.4, -0.2) is 16.2 Å². The first-order valence-electron chi connectivity index (χ1n) is 3.44. The van der Waals surface area contributed by atoms with Gasteiger partial charge in [0, 0.05) is 6.04 Å². The molecule has 0 amide bonds. The fourth-order valence-electron chi connectivity index (χ4n) is 0.689. The molecule has 0 saturated carbocycles. The predicted octanol–water partition coefficient (Wildman–Crippen LogP) is 2.06. The molecule has 11 heavy (non-hydrogen) atoms. The molecule has 0 aliphatic carbocycles. The lowest BCUT2D eigenvalue weighted by Gasteiger charge is -2.06. The number of nitrogens with zero attached hydrogens (tertiary/aromatic N) is 2. The molecule has 0 spiro atoms. The molecular formula is C7H10BrN3. The Morgan fingerprint density at radius 2 is 2.09 bits per heavy atom. The molecule has 0 bridgehead atoms. The van der Waals surface area contributed by atoms with E-state index in [9.17, 15) is 0 Å². The van der Waals surface area contributed by atoms with Crippen LogP contribution < -0.4 is 5.32 Å². The third-order valence-electron chi connectivity index (χ3n) is 1.07. The fourth-order valence-corrected chi connectivity index (χ4v) is 0.900. The Hall–Kier alpha value is -0.640. The Labute approximate surface area is 74.4 Å². The van der Waals surface area contributed by atoms with Crippen LogP contribution in [0, 0.1) is 0 Å².